The number of benzene rings is 2. The molecule has 2 aliphatic rings. The van der Waals surface area contributed by atoms with Gasteiger partial charge in [-0.05, 0) is 41.0 Å². The van der Waals surface area contributed by atoms with Crippen molar-refractivity contribution in [3.8, 4) is 11.1 Å². The summed E-state index contributed by atoms with van der Waals surface area (Å²) in [6.45, 7) is 2.42. The fourth-order valence-corrected chi connectivity index (χ4v) is 5.16. The number of hydrogen-bond donors (Lipinski definition) is 3. The normalized spacial score (nSPS) is 20.0. The van der Waals surface area contributed by atoms with E-state index in [2.05, 4.69) is 34.9 Å². The zero-order valence-electron chi connectivity index (χ0n) is 19.5. The summed E-state index contributed by atoms with van der Waals surface area (Å²) in [5, 5.41) is 15.0. The van der Waals surface area contributed by atoms with Gasteiger partial charge in [0.1, 0.15) is 6.61 Å². The number of carboxylic acid groups (broad SMARTS) is 1. The standard InChI is InChI=1S/C27H32N2O5/c1-17(14-25(30)29-24-13-7-6-12-22(24)26(31)32)15-28-27(33)34-16-23-20-10-4-2-8-18(20)19-9-3-5-11-21(19)23/h2-5,8-11,17,22-24H,6-7,12-16H2,1H3,(H,28,33)(H,29,30)(H,31,32)/t17?,22-,24+/m0/s1. The lowest BCUT2D eigenvalue weighted by atomic mass is 9.84. The van der Waals surface area contributed by atoms with Gasteiger partial charge in [-0.1, -0.05) is 68.3 Å². The highest BCUT2D eigenvalue weighted by molar-refractivity contribution is 5.79. The Balaban J connectivity index is 1.23. The summed E-state index contributed by atoms with van der Waals surface area (Å²) in [6, 6.07) is 16.0. The molecule has 2 aromatic rings. The van der Waals surface area contributed by atoms with Crippen LogP contribution in [0, 0.1) is 11.8 Å². The summed E-state index contributed by atoms with van der Waals surface area (Å²) < 4.78 is 5.54. The second kappa shape index (κ2) is 10.7. The van der Waals surface area contributed by atoms with Gasteiger partial charge in [0.2, 0.25) is 5.91 Å². The van der Waals surface area contributed by atoms with E-state index in [0.29, 0.717) is 19.4 Å². The van der Waals surface area contributed by atoms with Crippen LogP contribution >= 0.6 is 0 Å². The quantitative estimate of drug-likeness (QED) is 0.540. The molecule has 34 heavy (non-hydrogen) atoms. The summed E-state index contributed by atoms with van der Waals surface area (Å²) in [6.07, 6.45) is 2.80. The Labute approximate surface area is 199 Å². The van der Waals surface area contributed by atoms with Crippen LogP contribution in [0.4, 0.5) is 4.79 Å². The summed E-state index contributed by atoms with van der Waals surface area (Å²) >= 11 is 0. The van der Waals surface area contributed by atoms with Crippen molar-refractivity contribution < 1.29 is 24.2 Å². The molecule has 1 saturated carbocycles. The lowest BCUT2D eigenvalue weighted by Crippen LogP contribution is -2.45. The first kappa shape index (κ1) is 23.8. The molecule has 0 spiro atoms. The predicted octanol–water partition coefficient (Wildman–Crippen LogP) is 4.31. The minimum Gasteiger partial charge on any atom is -0.481 e. The number of carbonyl (C=O) groups excluding carboxylic acids is 2. The van der Waals surface area contributed by atoms with E-state index in [-0.39, 0.29) is 36.8 Å². The summed E-state index contributed by atoms with van der Waals surface area (Å²) in [4.78, 5) is 36.2. The molecule has 0 bridgehead atoms. The van der Waals surface area contributed by atoms with Crippen LogP contribution in [0.2, 0.25) is 0 Å². The maximum Gasteiger partial charge on any atom is 0.407 e. The highest BCUT2D eigenvalue weighted by Crippen LogP contribution is 2.44. The van der Waals surface area contributed by atoms with E-state index in [1.54, 1.807) is 0 Å². The highest BCUT2D eigenvalue weighted by Gasteiger charge is 2.32. The SMILES string of the molecule is CC(CNC(=O)OCC1c2ccccc2-c2ccccc21)CC(=O)N[C@@H]1CCCC[C@@H]1C(=O)O. The Bertz CT molecular complexity index is 1010. The molecule has 2 amide bonds. The molecule has 0 aliphatic heterocycles. The van der Waals surface area contributed by atoms with Crippen LogP contribution in [0.25, 0.3) is 11.1 Å². The Morgan fingerprint density at radius 2 is 1.62 bits per heavy atom. The maximum atomic E-state index is 12.4. The van der Waals surface area contributed by atoms with Gasteiger partial charge >= 0.3 is 12.1 Å². The molecule has 2 aromatic carbocycles. The van der Waals surface area contributed by atoms with E-state index in [4.69, 9.17) is 4.74 Å². The average Bonchev–Trinajstić information content (AvgIpc) is 3.15. The molecule has 7 nitrogen and oxygen atoms in total. The number of alkyl carbamates (subject to hydrolysis) is 1. The fraction of sp³-hybridized carbons (Fsp3) is 0.444. The number of amides is 2. The van der Waals surface area contributed by atoms with Crippen LogP contribution in [0.3, 0.4) is 0 Å². The smallest absolute Gasteiger partial charge is 0.407 e. The molecule has 4 rings (SSSR count). The predicted molar refractivity (Wildman–Crippen MR) is 128 cm³/mol. The molecule has 1 fully saturated rings. The first-order chi connectivity index (χ1) is 16.4. The molecule has 0 radical (unpaired) electrons. The number of rotatable bonds is 8. The molecule has 1 unspecified atom stereocenters. The molecule has 3 N–H and O–H groups in total. The molecular weight excluding hydrogens is 432 g/mol. The molecular formula is C27H32N2O5. The second-order valence-electron chi connectivity index (χ2n) is 9.42. The Hall–Kier alpha value is -3.35. The van der Waals surface area contributed by atoms with Crippen molar-refractivity contribution in [3.05, 3.63) is 59.7 Å². The number of carbonyl (C=O) groups is 3. The van der Waals surface area contributed by atoms with E-state index in [1.807, 2.05) is 31.2 Å². The van der Waals surface area contributed by atoms with Crippen molar-refractivity contribution in [3.63, 3.8) is 0 Å². The van der Waals surface area contributed by atoms with Crippen LogP contribution in [0.15, 0.2) is 48.5 Å². The molecule has 3 atom stereocenters. The zero-order chi connectivity index (χ0) is 24.1. The van der Waals surface area contributed by atoms with Gasteiger partial charge < -0.3 is 20.5 Å². The summed E-state index contributed by atoms with van der Waals surface area (Å²) in [5.74, 6) is -1.66. The molecule has 0 heterocycles. The third-order valence-corrected chi connectivity index (χ3v) is 6.90. The number of fused-ring (bicyclic) bond motifs is 3. The largest absolute Gasteiger partial charge is 0.481 e. The first-order valence-electron chi connectivity index (χ1n) is 12.0. The van der Waals surface area contributed by atoms with Crippen LogP contribution in [-0.4, -0.2) is 42.3 Å². The minimum atomic E-state index is -0.852. The van der Waals surface area contributed by atoms with Crippen molar-refractivity contribution in [2.45, 2.75) is 51.0 Å². The van der Waals surface area contributed by atoms with E-state index < -0.39 is 18.0 Å². The number of aliphatic carboxylic acids is 1. The van der Waals surface area contributed by atoms with E-state index in [9.17, 15) is 19.5 Å². The topological polar surface area (TPSA) is 105 Å². The van der Waals surface area contributed by atoms with E-state index in [1.165, 1.54) is 11.1 Å². The number of carboxylic acids is 1. The number of hydrogen-bond acceptors (Lipinski definition) is 4. The van der Waals surface area contributed by atoms with Crippen LogP contribution < -0.4 is 10.6 Å². The Morgan fingerprint density at radius 3 is 2.26 bits per heavy atom. The van der Waals surface area contributed by atoms with Crippen LogP contribution in [0.5, 0.6) is 0 Å². The fourth-order valence-electron chi connectivity index (χ4n) is 5.16. The lowest BCUT2D eigenvalue weighted by molar-refractivity contribution is -0.144. The third-order valence-electron chi connectivity index (χ3n) is 6.90. The summed E-state index contributed by atoms with van der Waals surface area (Å²) in [7, 11) is 0. The van der Waals surface area contributed by atoms with Gasteiger partial charge in [0.25, 0.3) is 0 Å². The maximum absolute atomic E-state index is 12.4. The van der Waals surface area contributed by atoms with Crippen molar-refractivity contribution >= 4 is 18.0 Å². The van der Waals surface area contributed by atoms with Gasteiger partial charge in [0, 0.05) is 24.9 Å². The zero-order valence-corrected chi connectivity index (χ0v) is 19.5. The molecule has 0 saturated heterocycles. The van der Waals surface area contributed by atoms with Crippen molar-refractivity contribution in [1.82, 2.24) is 10.6 Å². The second-order valence-corrected chi connectivity index (χ2v) is 9.42. The Morgan fingerprint density at radius 1 is 1.00 bits per heavy atom. The Kier molecular flexibility index (Phi) is 7.50. The molecule has 2 aliphatic carbocycles. The highest BCUT2D eigenvalue weighted by atomic mass is 16.5. The third kappa shape index (κ3) is 5.41. The van der Waals surface area contributed by atoms with Gasteiger partial charge in [0.15, 0.2) is 0 Å². The van der Waals surface area contributed by atoms with Crippen LogP contribution in [-0.2, 0) is 14.3 Å². The van der Waals surface area contributed by atoms with E-state index >= 15 is 0 Å². The van der Waals surface area contributed by atoms with Crippen molar-refractivity contribution in [2.75, 3.05) is 13.2 Å². The first-order valence-corrected chi connectivity index (χ1v) is 12.0. The monoisotopic (exact) mass is 464 g/mol. The van der Waals surface area contributed by atoms with E-state index in [0.717, 1.165) is 24.0 Å². The van der Waals surface area contributed by atoms with Crippen molar-refractivity contribution in [2.24, 2.45) is 11.8 Å². The van der Waals surface area contributed by atoms with Gasteiger partial charge in [-0.3, -0.25) is 9.59 Å². The number of ether oxygens (including phenoxy) is 1. The van der Waals surface area contributed by atoms with Gasteiger partial charge in [0.05, 0.1) is 5.92 Å². The lowest BCUT2D eigenvalue weighted by Gasteiger charge is -2.29. The average molecular weight is 465 g/mol. The van der Waals surface area contributed by atoms with Gasteiger partial charge in [-0.25, -0.2) is 4.79 Å². The van der Waals surface area contributed by atoms with Gasteiger partial charge in [-0.15, -0.1) is 0 Å². The minimum absolute atomic E-state index is 0.000902. The molecule has 0 aromatic heterocycles. The summed E-state index contributed by atoms with van der Waals surface area (Å²) in [5.41, 5.74) is 4.66. The van der Waals surface area contributed by atoms with Gasteiger partial charge in [-0.2, -0.15) is 0 Å². The van der Waals surface area contributed by atoms with Crippen LogP contribution in [0.1, 0.15) is 56.1 Å². The van der Waals surface area contributed by atoms with Crippen molar-refractivity contribution in [1.29, 1.82) is 0 Å². The molecule has 7 heteroatoms. The molecule has 180 valence electrons. The number of nitrogens with one attached hydrogen (secondary N) is 2.